The van der Waals surface area contributed by atoms with Crippen LogP contribution in [0, 0.1) is 0 Å². The second-order valence-electron chi connectivity index (χ2n) is 7.22. The van der Waals surface area contributed by atoms with E-state index in [1.165, 1.54) is 17.8 Å². The number of piperazine rings is 1. The Balaban J connectivity index is 0.00000171. The minimum atomic E-state index is -4.00. The molecule has 170 valence electrons. The number of hydrogen-bond acceptors (Lipinski definition) is 6. The standard InChI is InChI=1S/C20H22ClN3O3S2.2ClH/c1-22-8-10-23(11-9-22)12-13-24-20(25)16-4-2-3-5-17(16)28-18-14-15(21)6-7-19(18)29(24,26)27;;/h2-7,14H,8-13H2,1H3;2*1H/p-2. The van der Waals surface area contributed by atoms with Crippen molar-refractivity contribution in [2.75, 3.05) is 46.3 Å². The lowest BCUT2D eigenvalue weighted by molar-refractivity contribution is -0.00100. The normalized spacial score (nSPS) is 18.6. The molecule has 2 heterocycles. The Morgan fingerprint density at radius 2 is 1.65 bits per heavy atom. The SMILES string of the molecule is CN1CCN(CCN2C(=O)c3ccccc3Sc3cc(Cl)ccc3S2(=O)=O)CC1.[Cl-].[Cl-]. The summed E-state index contributed by atoms with van der Waals surface area (Å²) in [6.45, 7) is 4.21. The van der Waals surface area contributed by atoms with E-state index in [1.54, 1.807) is 24.3 Å². The molecule has 0 saturated carbocycles. The Hall–Kier alpha value is -1.000. The van der Waals surface area contributed by atoms with Gasteiger partial charge in [-0.05, 0) is 37.4 Å². The lowest BCUT2D eigenvalue weighted by Crippen LogP contribution is -3.00. The lowest BCUT2D eigenvalue weighted by atomic mass is 10.2. The number of amides is 1. The monoisotopic (exact) mass is 521 g/mol. The van der Waals surface area contributed by atoms with Crippen LogP contribution in [0.2, 0.25) is 5.02 Å². The number of halogens is 3. The minimum absolute atomic E-state index is 0. The fourth-order valence-electron chi connectivity index (χ4n) is 3.51. The molecule has 2 aromatic rings. The molecule has 1 saturated heterocycles. The summed E-state index contributed by atoms with van der Waals surface area (Å²) in [5.41, 5.74) is 0.394. The van der Waals surface area contributed by atoms with Crippen LogP contribution in [-0.2, 0) is 10.0 Å². The maximum Gasteiger partial charge on any atom is 0.268 e. The van der Waals surface area contributed by atoms with Crippen molar-refractivity contribution in [2.45, 2.75) is 14.7 Å². The molecule has 4 rings (SSSR count). The molecule has 0 bridgehead atoms. The highest BCUT2D eigenvalue weighted by molar-refractivity contribution is 8.00. The Labute approximate surface area is 204 Å². The van der Waals surface area contributed by atoms with E-state index in [1.807, 2.05) is 12.1 Å². The lowest BCUT2D eigenvalue weighted by Gasteiger charge is -2.34. The fourth-order valence-corrected chi connectivity index (χ4v) is 6.62. The Bertz CT molecular complexity index is 1040. The summed E-state index contributed by atoms with van der Waals surface area (Å²) < 4.78 is 27.9. The second kappa shape index (κ2) is 10.7. The Morgan fingerprint density at radius 3 is 2.35 bits per heavy atom. The van der Waals surface area contributed by atoms with Crippen molar-refractivity contribution in [1.82, 2.24) is 14.1 Å². The largest absolute Gasteiger partial charge is 1.00 e. The molecule has 0 atom stereocenters. The first-order chi connectivity index (χ1) is 13.9. The molecule has 0 N–H and O–H groups in total. The topological polar surface area (TPSA) is 60.9 Å². The highest BCUT2D eigenvalue weighted by Gasteiger charge is 2.35. The molecule has 0 unspecified atom stereocenters. The summed E-state index contributed by atoms with van der Waals surface area (Å²) in [6, 6.07) is 11.8. The molecule has 0 radical (unpaired) electrons. The van der Waals surface area contributed by atoms with Crippen LogP contribution < -0.4 is 24.8 Å². The van der Waals surface area contributed by atoms with E-state index in [-0.39, 0.29) is 36.3 Å². The highest BCUT2D eigenvalue weighted by atomic mass is 35.5. The van der Waals surface area contributed by atoms with Gasteiger partial charge in [0.25, 0.3) is 15.9 Å². The molecule has 1 amide bonds. The van der Waals surface area contributed by atoms with Crippen LogP contribution in [0.1, 0.15) is 10.4 Å². The van der Waals surface area contributed by atoms with Gasteiger partial charge in [0, 0.05) is 47.5 Å². The third-order valence-corrected chi connectivity index (χ3v) is 8.59. The predicted molar refractivity (Wildman–Crippen MR) is 114 cm³/mol. The average molecular weight is 523 g/mol. The smallest absolute Gasteiger partial charge is 0.268 e. The number of hydrogen-bond donors (Lipinski definition) is 0. The third-order valence-electron chi connectivity index (χ3n) is 5.25. The van der Waals surface area contributed by atoms with Gasteiger partial charge >= 0.3 is 0 Å². The third kappa shape index (κ3) is 5.50. The van der Waals surface area contributed by atoms with Gasteiger partial charge in [0.05, 0.1) is 12.1 Å². The minimum Gasteiger partial charge on any atom is -1.00 e. The maximum atomic E-state index is 13.5. The van der Waals surface area contributed by atoms with Crippen LogP contribution in [0.5, 0.6) is 0 Å². The predicted octanol–water partition coefficient (Wildman–Crippen LogP) is -3.11. The molecule has 11 heteroatoms. The first-order valence-electron chi connectivity index (χ1n) is 9.40. The number of benzene rings is 2. The number of sulfonamides is 1. The summed E-state index contributed by atoms with van der Waals surface area (Å²) in [4.78, 5) is 19.1. The van der Waals surface area contributed by atoms with Crippen molar-refractivity contribution in [3.63, 3.8) is 0 Å². The Morgan fingerprint density at radius 1 is 0.968 bits per heavy atom. The maximum absolute atomic E-state index is 13.5. The summed E-state index contributed by atoms with van der Waals surface area (Å²) in [7, 11) is -1.93. The molecule has 6 nitrogen and oxygen atoms in total. The van der Waals surface area contributed by atoms with Crippen molar-refractivity contribution < 1.29 is 38.0 Å². The van der Waals surface area contributed by atoms with Crippen molar-refractivity contribution >= 4 is 39.3 Å². The van der Waals surface area contributed by atoms with E-state index >= 15 is 0 Å². The van der Waals surface area contributed by atoms with Gasteiger partial charge in [0.15, 0.2) is 0 Å². The molecule has 2 aliphatic heterocycles. The van der Waals surface area contributed by atoms with Gasteiger partial charge in [-0.15, -0.1) is 0 Å². The van der Waals surface area contributed by atoms with Gasteiger partial charge in [-0.25, -0.2) is 12.7 Å². The molecule has 0 spiro atoms. The fraction of sp³-hybridized carbons (Fsp3) is 0.350. The Kier molecular flexibility index (Phi) is 9.10. The van der Waals surface area contributed by atoms with Crippen LogP contribution >= 0.6 is 23.4 Å². The zero-order valence-corrected chi connectivity index (χ0v) is 20.7. The zero-order valence-electron chi connectivity index (χ0n) is 16.8. The zero-order chi connectivity index (χ0) is 20.6. The number of fused-ring (bicyclic) bond motifs is 2. The number of carbonyl (C=O) groups is 1. The van der Waals surface area contributed by atoms with E-state index in [9.17, 15) is 13.2 Å². The second-order valence-corrected chi connectivity index (χ2v) is 10.6. The highest BCUT2D eigenvalue weighted by Crippen LogP contribution is 2.40. The van der Waals surface area contributed by atoms with Crippen molar-refractivity contribution in [1.29, 1.82) is 0 Å². The molecule has 2 aromatic carbocycles. The molecular formula is C20H22Cl3N3O3S2-2. The van der Waals surface area contributed by atoms with Gasteiger partial charge in [0.1, 0.15) is 4.90 Å². The molecule has 2 aliphatic rings. The number of carbonyl (C=O) groups excluding carboxylic acids is 1. The molecule has 1 fully saturated rings. The van der Waals surface area contributed by atoms with Crippen molar-refractivity contribution in [3.8, 4) is 0 Å². The van der Waals surface area contributed by atoms with Crippen molar-refractivity contribution in [3.05, 3.63) is 53.1 Å². The van der Waals surface area contributed by atoms with Crippen LogP contribution in [0.3, 0.4) is 0 Å². The summed E-state index contributed by atoms with van der Waals surface area (Å²) in [6.07, 6.45) is 0. The van der Waals surface area contributed by atoms with Gasteiger partial charge in [-0.1, -0.05) is 35.5 Å². The molecule has 31 heavy (non-hydrogen) atoms. The molecule has 0 aromatic heterocycles. The number of rotatable bonds is 3. The summed E-state index contributed by atoms with van der Waals surface area (Å²) >= 11 is 7.39. The van der Waals surface area contributed by atoms with Crippen LogP contribution in [0.15, 0.2) is 57.2 Å². The van der Waals surface area contributed by atoms with Crippen LogP contribution in [-0.4, -0.2) is 74.7 Å². The van der Waals surface area contributed by atoms with E-state index in [2.05, 4.69) is 16.8 Å². The van der Waals surface area contributed by atoms with Crippen LogP contribution in [0.25, 0.3) is 0 Å². The quantitative estimate of drug-likeness (QED) is 0.426. The van der Waals surface area contributed by atoms with Gasteiger partial charge < -0.3 is 29.7 Å². The first-order valence-corrected chi connectivity index (χ1v) is 12.0. The molecule has 0 aliphatic carbocycles. The van der Waals surface area contributed by atoms with Crippen molar-refractivity contribution in [2.24, 2.45) is 0 Å². The first kappa shape index (κ1) is 26.3. The van der Waals surface area contributed by atoms with Gasteiger partial charge in [-0.3, -0.25) is 9.69 Å². The van der Waals surface area contributed by atoms with Gasteiger partial charge in [-0.2, -0.15) is 0 Å². The van der Waals surface area contributed by atoms with E-state index in [0.717, 1.165) is 35.4 Å². The molecular weight excluding hydrogens is 501 g/mol. The summed E-state index contributed by atoms with van der Waals surface area (Å²) in [5.74, 6) is -0.483. The number of nitrogens with zero attached hydrogens (tertiary/aromatic N) is 3. The van der Waals surface area contributed by atoms with E-state index < -0.39 is 15.9 Å². The van der Waals surface area contributed by atoms with Gasteiger partial charge in [0.2, 0.25) is 0 Å². The number of likely N-dealkylation sites (N-methyl/N-ethyl adjacent to an activating group) is 1. The summed E-state index contributed by atoms with van der Waals surface area (Å²) in [5, 5.41) is 0.458. The van der Waals surface area contributed by atoms with Crippen LogP contribution in [0.4, 0.5) is 0 Å². The van der Waals surface area contributed by atoms with E-state index in [4.69, 9.17) is 11.6 Å². The average Bonchev–Trinajstić information content (AvgIpc) is 2.69. The van der Waals surface area contributed by atoms with E-state index in [0.29, 0.717) is 22.0 Å².